The summed E-state index contributed by atoms with van der Waals surface area (Å²) < 4.78 is 4.68. The van der Waals surface area contributed by atoms with Gasteiger partial charge in [0.1, 0.15) is 6.04 Å². The molecular weight excluding hydrogens is 276 g/mol. The number of nitrogens with one attached hydrogen (secondary N) is 1. The zero-order valence-electron chi connectivity index (χ0n) is 12.1. The summed E-state index contributed by atoms with van der Waals surface area (Å²) in [6, 6.07) is 2.77. The molecule has 0 unspecified atom stereocenters. The molecule has 0 radical (unpaired) electrons. The predicted octanol–water partition coefficient (Wildman–Crippen LogP) is 1.52. The van der Waals surface area contributed by atoms with Crippen molar-refractivity contribution in [3.63, 3.8) is 0 Å². The summed E-state index contributed by atoms with van der Waals surface area (Å²) in [6.45, 7) is 3.69. The Hall–Kier alpha value is -1.69. The van der Waals surface area contributed by atoms with E-state index in [1.54, 1.807) is 12.1 Å². The molecule has 1 amide bonds. The molecule has 6 heteroatoms. The van der Waals surface area contributed by atoms with Crippen molar-refractivity contribution in [2.45, 2.75) is 19.9 Å². The molecule has 0 aliphatic heterocycles. The third-order valence-electron chi connectivity index (χ3n) is 2.98. The van der Waals surface area contributed by atoms with E-state index in [4.69, 9.17) is 5.73 Å². The van der Waals surface area contributed by atoms with Gasteiger partial charge in [-0.3, -0.25) is 4.79 Å². The lowest BCUT2D eigenvalue weighted by Gasteiger charge is -2.16. The molecule has 0 aliphatic carbocycles. The third-order valence-corrected chi connectivity index (χ3v) is 3.65. The van der Waals surface area contributed by atoms with Crippen molar-refractivity contribution >= 4 is 29.3 Å². The Balaban J connectivity index is 2.91. The standard InChI is InChI=1S/C14H20N2O3S/c1-8-5-10(6-9(2)12(8)15)13(17)16-11(7-20-4)14(18)19-3/h5-6,11H,7,15H2,1-4H3,(H,16,17)/t11-/m0/s1. The Labute approximate surface area is 123 Å². The number of nitrogen functional groups attached to an aromatic ring is 1. The lowest BCUT2D eigenvalue weighted by molar-refractivity contribution is -0.142. The number of carbonyl (C=O) groups is 2. The first-order valence-electron chi connectivity index (χ1n) is 6.15. The number of nitrogens with two attached hydrogens (primary N) is 1. The monoisotopic (exact) mass is 296 g/mol. The van der Waals surface area contributed by atoms with Crippen LogP contribution >= 0.6 is 11.8 Å². The highest BCUT2D eigenvalue weighted by Gasteiger charge is 2.22. The van der Waals surface area contributed by atoms with E-state index in [-0.39, 0.29) is 5.91 Å². The average Bonchev–Trinajstić information content (AvgIpc) is 2.42. The molecule has 0 aromatic heterocycles. The Morgan fingerprint density at radius 2 is 1.90 bits per heavy atom. The maximum atomic E-state index is 12.2. The molecule has 0 fully saturated rings. The van der Waals surface area contributed by atoms with Gasteiger partial charge in [0, 0.05) is 17.0 Å². The van der Waals surface area contributed by atoms with Crippen LogP contribution in [0.5, 0.6) is 0 Å². The largest absolute Gasteiger partial charge is 0.467 e. The number of benzene rings is 1. The number of thioether (sulfide) groups is 1. The molecule has 5 nitrogen and oxygen atoms in total. The first kappa shape index (κ1) is 16.4. The summed E-state index contributed by atoms with van der Waals surface area (Å²) in [5, 5.41) is 2.68. The lowest BCUT2D eigenvalue weighted by atomic mass is 10.0. The van der Waals surface area contributed by atoms with Crippen LogP contribution in [0, 0.1) is 13.8 Å². The minimum atomic E-state index is -0.652. The highest BCUT2D eigenvalue weighted by atomic mass is 32.2. The fourth-order valence-corrected chi connectivity index (χ4v) is 2.38. The van der Waals surface area contributed by atoms with Crippen molar-refractivity contribution in [1.29, 1.82) is 0 Å². The van der Waals surface area contributed by atoms with Gasteiger partial charge in [0.2, 0.25) is 0 Å². The van der Waals surface area contributed by atoms with E-state index >= 15 is 0 Å². The van der Waals surface area contributed by atoms with E-state index in [1.165, 1.54) is 18.9 Å². The highest BCUT2D eigenvalue weighted by molar-refractivity contribution is 7.98. The van der Waals surface area contributed by atoms with Crippen molar-refractivity contribution in [3.8, 4) is 0 Å². The quantitative estimate of drug-likeness (QED) is 0.636. The molecule has 0 aliphatic rings. The summed E-state index contributed by atoms with van der Waals surface area (Å²) in [6.07, 6.45) is 1.86. The normalized spacial score (nSPS) is 11.8. The smallest absolute Gasteiger partial charge is 0.329 e. The van der Waals surface area contributed by atoms with Crippen LogP contribution in [0.3, 0.4) is 0 Å². The van der Waals surface area contributed by atoms with Gasteiger partial charge in [0.25, 0.3) is 5.91 Å². The highest BCUT2D eigenvalue weighted by Crippen LogP contribution is 2.18. The molecule has 3 N–H and O–H groups in total. The van der Waals surface area contributed by atoms with Gasteiger partial charge in [-0.2, -0.15) is 11.8 Å². The van der Waals surface area contributed by atoms with E-state index in [2.05, 4.69) is 10.1 Å². The number of anilines is 1. The van der Waals surface area contributed by atoms with E-state index in [1.807, 2.05) is 20.1 Å². The Kier molecular flexibility index (Phi) is 5.88. The molecule has 0 bridgehead atoms. The molecule has 1 aromatic rings. The van der Waals surface area contributed by atoms with Gasteiger partial charge in [-0.15, -0.1) is 0 Å². The maximum absolute atomic E-state index is 12.2. The lowest BCUT2D eigenvalue weighted by Crippen LogP contribution is -2.43. The van der Waals surface area contributed by atoms with Gasteiger partial charge in [-0.25, -0.2) is 4.79 Å². The van der Waals surface area contributed by atoms with Crippen molar-refractivity contribution in [3.05, 3.63) is 28.8 Å². The van der Waals surface area contributed by atoms with Gasteiger partial charge in [-0.1, -0.05) is 0 Å². The average molecular weight is 296 g/mol. The number of carbonyl (C=O) groups excluding carboxylic acids is 2. The van der Waals surface area contributed by atoms with Gasteiger partial charge in [0.05, 0.1) is 7.11 Å². The molecule has 0 heterocycles. The number of aryl methyl sites for hydroxylation is 2. The van der Waals surface area contributed by atoms with Crippen LogP contribution in [0.2, 0.25) is 0 Å². The van der Waals surface area contributed by atoms with Gasteiger partial charge in [-0.05, 0) is 43.4 Å². The van der Waals surface area contributed by atoms with E-state index < -0.39 is 12.0 Å². The number of ether oxygens (including phenoxy) is 1. The maximum Gasteiger partial charge on any atom is 0.329 e. The van der Waals surface area contributed by atoms with Gasteiger partial charge in [0.15, 0.2) is 0 Å². The van der Waals surface area contributed by atoms with Crippen molar-refractivity contribution in [1.82, 2.24) is 5.32 Å². The van der Waals surface area contributed by atoms with Gasteiger partial charge < -0.3 is 15.8 Å². The Morgan fingerprint density at radius 3 is 2.35 bits per heavy atom. The van der Waals surface area contributed by atoms with E-state index in [0.717, 1.165) is 11.1 Å². The summed E-state index contributed by atoms with van der Waals surface area (Å²) in [7, 11) is 1.30. The number of hydrogen-bond acceptors (Lipinski definition) is 5. The van der Waals surface area contributed by atoms with Crippen LogP contribution in [-0.2, 0) is 9.53 Å². The first-order chi connectivity index (χ1) is 9.40. The number of esters is 1. The minimum absolute atomic E-state index is 0.305. The summed E-state index contributed by atoms with van der Waals surface area (Å²) in [5.74, 6) is -0.289. The predicted molar refractivity (Wildman–Crippen MR) is 82.0 cm³/mol. The summed E-state index contributed by atoms with van der Waals surface area (Å²) in [5.41, 5.74) is 8.71. The molecule has 20 heavy (non-hydrogen) atoms. The van der Waals surface area contributed by atoms with Crippen molar-refractivity contribution in [2.24, 2.45) is 0 Å². The van der Waals surface area contributed by atoms with Crippen LogP contribution in [0.4, 0.5) is 5.69 Å². The SMILES string of the molecule is COC(=O)[C@H](CSC)NC(=O)c1cc(C)c(N)c(C)c1. The van der Waals surface area contributed by atoms with Crippen molar-refractivity contribution < 1.29 is 14.3 Å². The van der Waals surface area contributed by atoms with Crippen LogP contribution in [0.15, 0.2) is 12.1 Å². The fourth-order valence-electron chi connectivity index (χ4n) is 1.82. The van der Waals surface area contributed by atoms with Crippen LogP contribution in [0.1, 0.15) is 21.5 Å². The Bertz CT molecular complexity index is 494. The topological polar surface area (TPSA) is 81.4 Å². The second-order valence-electron chi connectivity index (χ2n) is 4.53. The van der Waals surface area contributed by atoms with E-state index in [9.17, 15) is 9.59 Å². The molecule has 1 rings (SSSR count). The van der Waals surface area contributed by atoms with Crippen LogP contribution < -0.4 is 11.1 Å². The third kappa shape index (κ3) is 3.90. The Morgan fingerprint density at radius 1 is 1.35 bits per heavy atom. The molecule has 0 saturated carbocycles. The zero-order valence-corrected chi connectivity index (χ0v) is 13.0. The second kappa shape index (κ2) is 7.19. The minimum Gasteiger partial charge on any atom is -0.467 e. The van der Waals surface area contributed by atoms with Gasteiger partial charge >= 0.3 is 5.97 Å². The van der Waals surface area contributed by atoms with Crippen molar-refractivity contribution in [2.75, 3.05) is 24.9 Å². The number of methoxy groups -OCH3 is 1. The second-order valence-corrected chi connectivity index (χ2v) is 5.44. The number of amides is 1. The molecule has 0 saturated heterocycles. The molecule has 110 valence electrons. The molecule has 1 aromatic carbocycles. The van der Waals surface area contributed by atoms with E-state index in [0.29, 0.717) is 17.0 Å². The van der Waals surface area contributed by atoms with Crippen LogP contribution in [0.25, 0.3) is 0 Å². The summed E-state index contributed by atoms with van der Waals surface area (Å²) >= 11 is 1.46. The molecular formula is C14H20N2O3S. The summed E-state index contributed by atoms with van der Waals surface area (Å²) in [4.78, 5) is 23.8. The molecule has 0 spiro atoms. The molecule has 1 atom stereocenters. The zero-order chi connectivity index (χ0) is 15.3. The number of hydrogen-bond donors (Lipinski definition) is 2. The first-order valence-corrected chi connectivity index (χ1v) is 7.54. The number of rotatable bonds is 5. The van der Waals surface area contributed by atoms with Crippen LogP contribution in [-0.4, -0.2) is 37.0 Å². The fraction of sp³-hybridized carbons (Fsp3) is 0.429.